The summed E-state index contributed by atoms with van der Waals surface area (Å²) in [6.07, 6.45) is 2.70. The van der Waals surface area contributed by atoms with Crippen molar-refractivity contribution in [1.82, 2.24) is 9.88 Å². The van der Waals surface area contributed by atoms with E-state index in [2.05, 4.69) is 20.5 Å². The zero-order valence-corrected chi connectivity index (χ0v) is 19.4. The first kappa shape index (κ1) is 24.0. The van der Waals surface area contributed by atoms with Gasteiger partial charge in [0.05, 0.1) is 12.2 Å². The van der Waals surface area contributed by atoms with Crippen molar-refractivity contribution in [3.63, 3.8) is 0 Å². The van der Waals surface area contributed by atoms with Gasteiger partial charge in [-0.05, 0) is 50.1 Å². The largest absolute Gasteiger partial charge is 0.462 e. The van der Waals surface area contributed by atoms with Crippen LogP contribution < -0.4 is 15.5 Å². The van der Waals surface area contributed by atoms with Gasteiger partial charge in [-0.3, -0.25) is 4.79 Å². The molecule has 1 aliphatic heterocycles. The molecule has 0 atom stereocenters. The maximum absolute atomic E-state index is 12.9. The minimum Gasteiger partial charge on any atom is -0.462 e. The Morgan fingerprint density at radius 2 is 1.85 bits per heavy atom. The molecule has 1 fully saturated rings. The third-order valence-corrected chi connectivity index (χ3v) is 5.45. The van der Waals surface area contributed by atoms with Crippen molar-refractivity contribution in [1.29, 1.82) is 0 Å². The average Bonchev–Trinajstić information content (AvgIpc) is 3.08. The predicted octanol–water partition coefficient (Wildman–Crippen LogP) is 3.66. The molecule has 3 rings (SSSR count). The molecule has 9 nitrogen and oxygen atoms in total. The van der Waals surface area contributed by atoms with Crippen LogP contribution in [0.3, 0.4) is 0 Å². The molecule has 1 aromatic heterocycles. The Labute approximate surface area is 194 Å². The van der Waals surface area contributed by atoms with E-state index in [0.717, 1.165) is 24.3 Å². The van der Waals surface area contributed by atoms with E-state index in [1.54, 1.807) is 36.9 Å². The normalized spacial score (nSPS) is 13.8. The summed E-state index contributed by atoms with van der Waals surface area (Å²) in [5, 5.41) is 5.79. The van der Waals surface area contributed by atoms with Gasteiger partial charge in [-0.2, -0.15) is 0 Å². The van der Waals surface area contributed by atoms with E-state index in [1.165, 1.54) is 6.20 Å². The van der Waals surface area contributed by atoms with Gasteiger partial charge in [0.2, 0.25) is 5.91 Å². The highest BCUT2D eigenvalue weighted by atomic mass is 16.5. The summed E-state index contributed by atoms with van der Waals surface area (Å²) in [4.78, 5) is 44.7. The molecular weight excluding hydrogens is 422 g/mol. The Bertz CT molecular complexity index is 993. The Balaban J connectivity index is 1.60. The molecule has 9 heteroatoms. The van der Waals surface area contributed by atoms with Gasteiger partial charge in [0.25, 0.3) is 0 Å². The average molecular weight is 454 g/mol. The number of hydrogen-bond acceptors (Lipinski definition) is 6. The lowest BCUT2D eigenvalue weighted by molar-refractivity contribution is -0.115. The zero-order valence-electron chi connectivity index (χ0n) is 19.4. The smallest absolute Gasteiger partial charge is 0.339 e. The van der Waals surface area contributed by atoms with Crippen LogP contribution in [0.15, 0.2) is 36.5 Å². The summed E-state index contributed by atoms with van der Waals surface area (Å²) in [5.74, 6) is 0.303. The number of benzene rings is 1. The Hall–Kier alpha value is -3.62. The van der Waals surface area contributed by atoms with Gasteiger partial charge < -0.3 is 25.2 Å². The number of ether oxygens (including phenoxy) is 1. The van der Waals surface area contributed by atoms with Gasteiger partial charge in [-0.15, -0.1) is 0 Å². The highest BCUT2D eigenvalue weighted by Gasteiger charge is 2.21. The van der Waals surface area contributed by atoms with E-state index < -0.39 is 0 Å². The zero-order chi connectivity index (χ0) is 23.8. The first-order valence-corrected chi connectivity index (χ1v) is 11.3. The number of hydrogen-bond donors (Lipinski definition) is 2. The lowest BCUT2D eigenvalue weighted by Gasteiger charge is -2.23. The fourth-order valence-electron chi connectivity index (χ4n) is 3.54. The van der Waals surface area contributed by atoms with Crippen molar-refractivity contribution >= 4 is 35.1 Å². The minimum atomic E-state index is -0.385. The SMILES string of the molecule is CCOC(=O)c1ccc(N2CCCN(C(=O)Nc3cc(NC(=O)CC)ccc3C)CC2)nc1. The first-order chi connectivity index (χ1) is 15.9. The number of carbonyl (C=O) groups excluding carboxylic acids is 3. The molecule has 0 unspecified atom stereocenters. The predicted molar refractivity (Wildman–Crippen MR) is 128 cm³/mol. The number of anilines is 3. The Morgan fingerprint density at radius 3 is 2.55 bits per heavy atom. The number of esters is 1. The molecule has 33 heavy (non-hydrogen) atoms. The molecule has 2 aromatic rings. The standard InChI is InChI=1S/C24H31N5O4/c1-4-22(30)26-19-9-7-17(3)20(15-19)27-24(32)29-12-6-11-28(13-14-29)21-10-8-18(16-25-21)23(31)33-5-2/h7-10,15-16H,4-6,11-14H2,1-3H3,(H,26,30)(H,27,32). The van der Waals surface area contributed by atoms with Crippen LogP contribution in [0.1, 0.15) is 42.6 Å². The summed E-state index contributed by atoms with van der Waals surface area (Å²) in [7, 11) is 0. The van der Waals surface area contributed by atoms with E-state index >= 15 is 0 Å². The number of amides is 3. The lowest BCUT2D eigenvalue weighted by Crippen LogP contribution is -2.38. The van der Waals surface area contributed by atoms with Gasteiger partial charge in [0.15, 0.2) is 0 Å². The van der Waals surface area contributed by atoms with E-state index in [4.69, 9.17) is 4.74 Å². The van der Waals surface area contributed by atoms with Gasteiger partial charge in [0.1, 0.15) is 5.82 Å². The molecule has 1 saturated heterocycles. The number of urea groups is 1. The molecule has 176 valence electrons. The van der Waals surface area contributed by atoms with Crippen LogP contribution in [0, 0.1) is 6.92 Å². The fourth-order valence-corrected chi connectivity index (χ4v) is 3.54. The molecule has 3 amide bonds. The molecule has 0 spiro atoms. The number of nitrogens with zero attached hydrogens (tertiary/aromatic N) is 3. The van der Waals surface area contributed by atoms with E-state index in [0.29, 0.717) is 49.6 Å². The third kappa shape index (κ3) is 6.44. The fraction of sp³-hybridized carbons (Fsp3) is 0.417. The first-order valence-electron chi connectivity index (χ1n) is 11.3. The Kier molecular flexibility index (Phi) is 8.23. The molecule has 0 saturated carbocycles. The quantitative estimate of drug-likeness (QED) is 0.647. The number of aromatic nitrogens is 1. The summed E-state index contributed by atoms with van der Waals surface area (Å²) in [5.41, 5.74) is 2.66. The van der Waals surface area contributed by atoms with Gasteiger partial charge >= 0.3 is 12.0 Å². The molecule has 2 heterocycles. The summed E-state index contributed by atoms with van der Waals surface area (Å²) in [6.45, 7) is 8.34. The van der Waals surface area contributed by atoms with Crippen LogP contribution in [0.2, 0.25) is 0 Å². The van der Waals surface area contributed by atoms with E-state index in [9.17, 15) is 14.4 Å². The van der Waals surface area contributed by atoms with E-state index in [-0.39, 0.29) is 17.9 Å². The molecule has 0 bridgehead atoms. The van der Waals surface area contributed by atoms with Gasteiger partial charge in [-0.1, -0.05) is 13.0 Å². The van der Waals surface area contributed by atoms with Crippen molar-refractivity contribution in [2.24, 2.45) is 0 Å². The minimum absolute atomic E-state index is 0.0763. The second-order valence-corrected chi connectivity index (χ2v) is 7.81. The van der Waals surface area contributed by atoms with Crippen LogP contribution in [0.5, 0.6) is 0 Å². The number of aryl methyl sites for hydroxylation is 1. The summed E-state index contributed by atoms with van der Waals surface area (Å²) in [6, 6.07) is 8.81. The summed E-state index contributed by atoms with van der Waals surface area (Å²) >= 11 is 0. The highest BCUT2D eigenvalue weighted by Crippen LogP contribution is 2.22. The van der Waals surface area contributed by atoms with Crippen LogP contribution in [-0.2, 0) is 9.53 Å². The van der Waals surface area contributed by atoms with Crippen molar-refractivity contribution < 1.29 is 19.1 Å². The molecule has 1 aliphatic rings. The van der Waals surface area contributed by atoms with Crippen LogP contribution in [0.4, 0.5) is 22.0 Å². The molecule has 2 N–H and O–H groups in total. The Morgan fingerprint density at radius 1 is 1.03 bits per heavy atom. The maximum Gasteiger partial charge on any atom is 0.339 e. The van der Waals surface area contributed by atoms with Gasteiger partial charge in [0, 0.05) is 50.2 Å². The van der Waals surface area contributed by atoms with Crippen LogP contribution in [-0.4, -0.2) is 60.6 Å². The monoisotopic (exact) mass is 453 g/mol. The van der Waals surface area contributed by atoms with Crippen molar-refractivity contribution in [3.8, 4) is 0 Å². The number of rotatable bonds is 6. The van der Waals surface area contributed by atoms with Crippen LogP contribution in [0.25, 0.3) is 0 Å². The molecule has 0 radical (unpaired) electrons. The second-order valence-electron chi connectivity index (χ2n) is 7.81. The third-order valence-electron chi connectivity index (χ3n) is 5.45. The number of pyridine rings is 1. The lowest BCUT2D eigenvalue weighted by atomic mass is 10.1. The van der Waals surface area contributed by atoms with Crippen molar-refractivity contribution in [2.75, 3.05) is 48.3 Å². The van der Waals surface area contributed by atoms with Gasteiger partial charge in [-0.25, -0.2) is 14.6 Å². The molecular formula is C24H31N5O4. The molecule has 1 aromatic carbocycles. The van der Waals surface area contributed by atoms with Crippen molar-refractivity contribution in [2.45, 2.75) is 33.6 Å². The maximum atomic E-state index is 12.9. The summed E-state index contributed by atoms with van der Waals surface area (Å²) < 4.78 is 5.00. The van der Waals surface area contributed by atoms with Crippen molar-refractivity contribution in [3.05, 3.63) is 47.7 Å². The second kappa shape index (κ2) is 11.3. The number of nitrogens with one attached hydrogen (secondary N) is 2. The number of carbonyl (C=O) groups is 3. The van der Waals surface area contributed by atoms with E-state index in [1.807, 2.05) is 19.1 Å². The van der Waals surface area contributed by atoms with Crippen LogP contribution >= 0.6 is 0 Å². The molecule has 0 aliphatic carbocycles. The highest BCUT2D eigenvalue weighted by molar-refractivity contribution is 5.94. The topological polar surface area (TPSA) is 104 Å².